The first-order chi connectivity index (χ1) is 16.0. The Balaban J connectivity index is 1.44. The minimum Gasteiger partial charge on any atom is -0.493 e. The van der Waals surface area contributed by atoms with Gasteiger partial charge in [-0.25, -0.2) is 14.4 Å². The lowest BCUT2D eigenvalue weighted by atomic mass is 10.1. The zero-order valence-corrected chi connectivity index (χ0v) is 17.6. The van der Waals surface area contributed by atoms with Gasteiger partial charge in [0.05, 0.1) is 13.3 Å². The van der Waals surface area contributed by atoms with Gasteiger partial charge in [0.1, 0.15) is 18.7 Å². The molecule has 0 unspecified atom stereocenters. The van der Waals surface area contributed by atoms with Crippen molar-refractivity contribution in [3.8, 4) is 23.4 Å². The summed E-state index contributed by atoms with van der Waals surface area (Å²) in [5.41, 5.74) is 5.83. The van der Waals surface area contributed by atoms with E-state index in [4.69, 9.17) is 19.9 Å². The standard InChI is InChI=1S/C21H20F2N6O4/c1-31-16-8-12(10-30)2-3-15(16)33-20-17(23)19(26-11-27-20)29-6-4-13(5-7-29)32-21-25-9-14(22)18(24)28-21/h2-3,8-11,13H,4-7H2,1H3,(H2,24,25,28). The van der Waals surface area contributed by atoms with Crippen molar-refractivity contribution in [1.82, 2.24) is 19.9 Å². The predicted octanol–water partition coefficient (Wildman–Crippen LogP) is 2.79. The van der Waals surface area contributed by atoms with Gasteiger partial charge in [-0.3, -0.25) is 4.79 Å². The second-order valence-electron chi connectivity index (χ2n) is 7.14. The van der Waals surface area contributed by atoms with Crippen LogP contribution in [0.3, 0.4) is 0 Å². The van der Waals surface area contributed by atoms with E-state index in [0.29, 0.717) is 37.8 Å². The number of nitrogen functional groups attached to an aromatic ring is 1. The summed E-state index contributed by atoms with van der Waals surface area (Å²) < 4.78 is 44.9. The number of carbonyl (C=O) groups is 1. The zero-order valence-electron chi connectivity index (χ0n) is 17.6. The Kier molecular flexibility index (Phi) is 6.43. The SMILES string of the molecule is COc1cc(C=O)ccc1Oc1ncnc(N2CCC(Oc3ncc(F)c(N)n3)CC2)c1F. The lowest BCUT2D eigenvalue weighted by Gasteiger charge is -2.32. The number of rotatable bonds is 7. The van der Waals surface area contributed by atoms with Crippen LogP contribution in [0.4, 0.5) is 20.4 Å². The normalized spacial score (nSPS) is 14.1. The monoisotopic (exact) mass is 458 g/mol. The first kappa shape index (κ1) is 22.1. The Morgan fingerprint density at radius 2 is 1.94 bits per heavy atom. The van der Waals surface area contributed by atoms with Crippen molar-refractivity contribution in [2.75, 3.05) is 30.8 Å². The smallest absolute Gasteiger partial charge is 0.318 e. The number of benzene rings is 1. The van der Waals surface area contributed by atoms with Crippen molar-refractivity contribution in [2.45, 2.75) is 18.9 Å². The largest absolute Gasteiger partial charge is 0.493 e. The average molecular weight is 458 g/mol. The molecule has 10 nitrogen and oxygen atoms in total. The summed E-state index contributed by atoms with van der Waals surface area (Å²) in [6.07, 6.45) is 3.64. The van der Waals surface area contributed by atoms with Gasteiger partial charge in [-0.1, -0.05) is 0 Å². The summed E-state index contributed by atoms with van der Waals surface area (Å²) in [6, 6.07) is 4.49. The van der Waals surface area contributed by atoms with E-state index >= 15 is 4.39 Å². The first-order valence-corrected chi connectivity index (χ1v) is 9.99. The van der Waals surface area contributed by atoms with E-state index in [1.54, 1.807) is 4.90 Å². The molecule has 0 atom stereocenters. The Hall–Kier alpha value is -4.09. The molecule has 0 spiro atoms. The van der Waals surface area contributed by atoms with Gasteiger partial charge < -0.3 is 24.8 Å². The Morgan fingerprint density at radius 1 is 1.15 bits per heavy atom. The third-order valence-corrected chi connectivity index (χ3v) is 5.03. The molecule has 1 aromatic carbocycles. The molecule has 0 saturated carbocycles. The molecule has 1 saturated heterocycles. The van der Waals surface area contributed by atoms with Gasteiger partial charge in [0.15, 0.2) is 29.0 Å². The minimum atomic E-state index is -0.729. The van der Waals surface area contributed by atoms with Gasteiger partial charge in [0, 0.05) is 31.5 Å². The molecule has 2 N–H and O–H groups in total. The van der Waals surface area contributed by atoms with E-state index in [2.05, 4.69) is 19.9 Å². The van der Waals surface area contributed by atoms with E-state index < -0.39 is 11.6 Å². The van der Waals surface area contributed by atoms with Gasteiger partial charge in [0.2, 0.25) is 5.82 Å². The lowest BCUT2D eigenvalue weighted by molar-refractivity contribution is 0.112. The predicted molar refractivity (Wildman–Crippen MR) is 113 cm³/mol. The fraction of sp³-hybridized carbons (Fsp3) is 0.286. The number of hydrogen-bond donors (Lipinski definition) is 1. The number of piperidine rings is 1. The van der Waals surface area contributed by atoms with Crippen molar-refractivity contribution in [2.24, 2.45) is 0 Å². The molecule has 1 aliphatic heterocycles. The van der Waals surface area contributed by atoms with Crippen LogP contribution in [0.5, 0.6) is 23.4 Å². The quantitative estimate of drug-likeness (QED) is 0.528. The Bertz CT molecular complexity index is 1160. The maximum Gasteiger partial charge on any atom is 0.318 e. The van der Waals surface area contributed by atoms with Crippen LogP contribution in [0.2, 0.25) is 0 Å². The summed E-state index contributed by atoms with van der Waals surface area (Å²) in [5, 5.41) is 0. The molecule has 1 aliphatic rings. The van der Waals surface area contributed by atoms with Crippen molar-refractivity contribution >= 4 is 17.9 Å². The highest BCUT2D eigenvalue weighted by Gasteiger charge is 2.26. The van der Waals surface area contributed by atoms with E-state index in [1.807, 2.05) is 0 Å². The van der Waals surface area contributed by atoms with Crippen LogP contribution in [-0.2, 0) is 0 Å². The minimum absolute atomic E-state index is 0.00852. The highest BCUT2D eigenvalue weighted by atomic mass is 19.1. The van der Waals surface area contributed by atoms with Gasteiger partial charge in [-0.2, -0.15) is 14.4 Å². The van der Waals surface area contributed by atoms with E-state index in [9.17, 15) is 9.18 Å². The highest BCUT2D eigenvalue weighted by molar-refractivity contribution is 5.76. The molecule has 12 heteroatoms. The van der Waals surface area contributed by atoms with E-state index in [1.165, 1.54) is 31.6 Å². The molecular formula is C21H20F2N6O4. The van der Waals surface area contributed by atoms with Crippen molar-refractivity contribution < 1.29 is 27.8 Å². The molecule has 3 heterocycles. The Labute approximate surface area is 187 Å². The first-order valence-electron chi connectivity index (χ1n) is 9.99. The van der Waals surface area contributed by atoms with Crippen molar-refractivity contribution in [1.29, 1.82) is 0 Å². The van der Waals surface area contributed by atoms with Gasteiger partial charge in [-0.05, 0) is 18.2 Å². The molecular weight excluding hydrogens is 438 g/mol. The number of aldehydes is 1. The number of carbonyl (C=O) groups excluding carboxylic acids is 1. The molecule has 33 heavy (non-hydrogen) atoms. The number of anilines is 2. The number of aromatic nitrogens is 4. The number of ether oxygens (including phenoxy) is 3. The number of nitrogens with zero attached hydrogens (tertiary/aromatic N) is 5. The second kappa shape index (κ2) is 9.59. The van der Waals surface area contributed by atoms with Crippen molar-refractivity contribution in [3.05, 3.63) is 47.9 Å². The van der Waals surface area contributed by atoms with Crippen LogP contribution >= 0.6 is 0 Å². The number of hydrogen-bond acceptors (Lipinski definition) is 10. The molecule has 1 fully saturated rings. The fourth-order valence-corrected chi connectivity index (χ4v) is 3.34. The molecule has 0 aliphatic carbocycles. The van der Waals surface area contributed by atoms with Crippen LogP contribution in [0.15, 0.2) is 30.7 Å². The van der Waals surface area contributed by atoms with Crippen molar-refractivity contribution in [3.63, 3.8) is 0 Å². The molecule has 4 rings (SSSR count). The highest BCUT2D eigenvalue weighted by Crippen LogP contribution is 2.34. The Morgan fingerprint density at radius 3 is 2.64 bits per heavy atom. The molecule has 2 aromatic heterocycles. The van der Waals surface area contributed by atoms with E-state index in [0.717, 1.165) is 6.20 Å². The van der Waals surface area contributed by atoms with Crippen LogP contribution in [0.25, 0.3) is 0 Å². The number of methoxy groups -OCH3 is 1. The molecule has 0 radical (unpaired) electrons. The summed E-state index contributed by atoms with van der Waals surface area (Å²) in [7, 11) is 1.41. The van der Waals surface area contributed by atoms with Crippen LogP contribution < -0.4 is 24.8 Å². The van der Waals surface area contributed by atoms with Crippen LogP contribution in [0.1, 0.15) is 23.2 Å². The van der Waals surface area contributed by atoms with Crippen LogP contribution in [-0.4, -0.2) is 52.5 Å². The third kappa shape index (κ3) is 4.89. The maximum atomic E-state index is 15.2. The zero-order chi connectivity index (χ0) is 23.4. The maximum absolute atomic E-state index is 15.2. The summed E-state index contributed by atoms with van der Waals surface area (Å²) in [4.78, 5) is 28.2. The van der Waals surface area contributed by atoms with Gasteiger partial charge in [-0.15, -0.1) is 0 Å². The number of halogens is 2. The summed E-state index contributed by atoms with van der Waals surface area (Å²) >= 11 is 0. The topological polar surface area (TPSA) is 126 Å². The third-order valence-electron chi connectivity index (χ3n) is 5.03. The second-order valence-corrected chi connectivity index (χ2v) is 7.14. The van der Waals surface area contributed by atoms with Gasteiger partial charge in [0.25, 0.3) is 5.88 Å². The fourth-order valence-electron chi connectivity index (χ4n) is 3.34. The molecule has 0 amide bonds. The average Bonchev–Trinajstić information content (AvgIpc) is 2.83. The number of nitrogens with two attached hydrogens (primary N) is 1. The summed E-state index contributed by atoms with van der Waals surface area (Å²) in [5.74, 6) is -1.45. The lowest BCUT2D eigenvalue weighted by Crippen LogP contribution is -2.39. The van der Waals surface area contributed by atoms with E-state index in [-0.39, 0.29) is 41.1 Å². The molecule has 3 aromatic rings. The molecule has 0 bridgehead atoms. The summed E-state index contributed by atoms with van der Waals surface area (Å²) in [6.45, 7) is 0.873. The van der Waals surface area contributed by atoms with Gasteiger partial charge >= 0.3 is 6.01 Å². The molecule has 172 valence electrons. The van der Waals surface area contributed by atoms with Crippen LogP contribution in [0, 0.1) is 11.6 Å².